The summed E-state index contributed by atoms with van der Waals surface area (Å²) in [6.07, 6.45) is 11.0. The van der Waals surface area contributed by atoms with Crippen LogP contribution in [0.2, 0.25) is 0 Å². The average molecular weight is 338 g/mol. The Morgan fingerprint density at radius 3 is 2.08 bits per heavy atom. The molecule has 0 amide bonds. The molecule has 0 radical (unpaired) electrons. The Morgan fingerprint density at radius 2 is 1.46 bits per heavy atom. The molecule has 2 aliphatic carbocycles. The van der Waals surface area contributed by atoms with Gasteiger partial charge in [0.1, 0.15) is 6.10 Å². The molecule has 0 heterocycles. The summed E-state index contributed by atoms with van der Waals surface area (Å²) in [6, 6.07) is 0. The first kappa shape index (κ1) is 19.3. The lowest BCUT2D eigenvalue weighted by molar-refractivity contribution is -0.167. The Hall–Kier alpha value is -1.06. The molecule has 4 heteroatoms. The molecule has 0 aliphatic heterocycles. The van der Waals surface area contributed by atoms with Crippen LogP contribution >= 0.6 is 0 Å². The second-order valence-corrected chi connectivity index (χ2v) is 7.90. The molecule has 0 aromatic carbocycles. The van der Waals surface area contributed by atoms with Gasteiger partial charge in [0.15, 0.2) is 0 Å². The normalized spacial score (nSPS) is 25.5. The molecule has 0 saturated heterocycles. The summed E-state index contributed by atoms with van der Waals surface area (Å²) in [4.78, 5) is 25.0. The van der Waals surface area contributed by atoms with Gasteiger partial charge in [-0.2, -0.15) is 0 Å². The largest absolute Gasteiger partial charge is 0.465 e. The summed E-state index contributed by atoms with van der Waals surface area (Å²) in [5, 5.41) is 0. The van der Waals surface area contributed by atoms with E-state index in [1.807, 2.05) is 0 Å². The monoisotopic (exact) mass is 338 g/mol. The molecule has 4 nitrogen and oxygen atoms in total. The lowest BCUT2D eigenvalue weighted by Gasteiger charge is -2.30. The SMILES string of the molecule is CC(C)CCCOC(=O)C1CCCCC1C(=O)OC1CCCCC1. The number of carbonyl (C=O) groups excluding carboxylic acids is 2. The van der Waals surface area contributed by atoms with Gasteiger partial charge in [0, 0.05) is 0 Å². The van der Waals surface area contributed by atoms with Crippen molar-refractivity contribution in [2.45, 2.75) is 90.6 Å². The molecule has 0 aromatic rings. The highest BCUT2D eigenvalue weighted by Crippen LogP contribution is 2.33. The van der Waals surface area contributed by atoms with Crippen LogP contribution in [0.4, 0.5) is 0 Å². The minimum atomic E-state index is -0.297. The van der Waals surface area contributed by atoms with Crippen LogP contribution in [0.15, 0.2) is 0 Å². The maximum atomic E-state index is 12.6. The zero-order valence-corrected chi connectivity index (χ0v) is 15.4. The van der Waals surface area contributed by atoms with Gasteiger partial charge in [-0.15, -0.1) is 0 Å². The van der Waals surface area contributed by atoms with Gasteiger partial charge in [0.05, 0.1) is 18.4 Å². The fourth-order valence-electron chi connectivity index (χ4n) is 3.90. The van der Waals surface area contributed by atoms with E-state index in [1.165, 1.54) is 6.42 Å². The molecule has 2 unspecified atom stereocenters. The lowest BCUT2D eigenvalue weighted by Crippen LogP contribution is -2.37. The van der Waals surface area contributed by atoms with Crippen molar-refractivity contribution >= 4 is 11.9 Å². The standard InChI is InChI=1S/C20H34O4/c1-15(2)9-8-14-23-19(21)17-12-6-7-13-18(17)20(22)24-16-10-4-3-5-11-16/h15-18H,3-14H2,1-2H3. The lowest BCUT2D eigenvalue weighted by atomic mass is 9.79. The topological polar surface area (TPSA) is 52.6 Å². The highest BCUT2D eigenvalue weighted by atomic mass is 16.5. The molecule has 2 saturated carbocycles. The Kier molecular flexibility index (Phi) is 8.07. The van der Waals surface area contributed by atoms with Crippen molar-refractivity contribution in [3.05, 3.63) is 0 Å². The molecule has 0 aromatic heterocycles. The molecule has 138 valence electrons. The third-order valence-electron chi connectivity index (χ3n) is 5.38. The van der Waals surface area contributed by atoms with E-state index in [0.717, 1.165) is 64.2 Å². The fourth-order valence-corrected chi connectivity index (χ4v) is 3.90. The number of rotatable bonds is 7. The average Bonchev–Trinajstić information content (AvgIpc) is 2.59. The summed E-state index contributed by atoms with van der Waals surface area (Å²) >= 11 is 0. The first-order valence-electron chi connectivity index (χ1n) is 9.95. The molecule has 0 N–H and O–H groups in total. The Labute approximate surface area is 146 Å². The van der Waals surface area contributed by atoms with Gasteiger partial charge in [0.2, 0.25) is 0 Å². The van der Waals surface area contributed by atoms with Gasteiger partial charge in [-0.3, -0.25) is 9.59 Å². The smallest absolute Gasteiger partial charge is 0.310 e. The Balaban J connectivity index is 1.82. The summed E-state index contributed by atoms with van der Waals surface area (Å²) in [6.45, 7) is 4.80. The zero-order chi connectivity index (χ0) is 17.4. The number of ether oxygens (including phenoxy) is 2. The van der Waals surface area contributed by atoms with Crippen LogP contribution in [0.3, 0.4) is 0 Å². The van der Waals surface area contributed by atoms with Crippen LogP contribution in [-0.2, 0) is 19.1 Å². The van der Waals surface area contributed by atoms with Crippen molar-refractivity contribution in [3.8, 4) is 0 Å². The van der Waals surface area contributed by atoms with Crippen LogP contribution in [0, 0.1) is 17.8 Å². The molecular formula is C20H34O4. The van der Waals surface area contributed by atoms with Crippen molar-refractivity contribution in [1.82, 2.24) is 0 Å². The molecule has 0 spiro atoms. The number of carbonyl (C=O) groups is 2. The molecule has 0 bridgehead atoms. The fraction of sp³-hybridized carbons (Fsp3) is 0.900. The summed E-state index contributed by atoms with van der Waals surface area (Å²) < 4.78 is 11.2. The quantitative estimate of drug-likeness (QED) is 0.501. The highest BCUT2D eigenvalue weighted by Gasteiger charge is 2.38. The molecule has 24 heavy (non-hydrogen) atoms. The van der Waals surface area contributed by atoms with Crippen molar-refractivity contribution in [2.24, 2.45) is 17.8 Å². The Morgan fingerprint density at radius 1 is 0.875 bits per heavy atom. The van der Waals surface area contributed by atoms with E-state index in [0.29, 0.717) is 12.5 Å². The molecule has 2 aliphatic rings. The van der Waals surface area contributed by atoms with Gasteiger partial charge in [-0.05, 0) is 57.3 Å². The molecule has 2 fully saturated rings. The van der Waals surface area contributed by atoms with Gasteiger partial charge in [0.25, 0.3) is 0 Å². The first-order chi connectivity index (χ1) is 11.6. The van der Waals surface area contributed by atoms with E-state index in [4.69, 9.17) is 9.47 Å². The minimum absolute atomic E-state index is 0.0656. The van der Waals surface area contributed by atoms with Crippen molar-refractivity contribution in [1.29, 1.82) is 0 Å². The molecule has 2 rings (SSSR count). The molecule has 2 atom stereocenters. The number of hydrogen-bond donors (Lipinski definition) is 0. The summed E-state index contributed by atoms with van der Waals surface area (Å²) in [5.41, 5.74) is 0. The van der Waals surface area contributed by atoms with Crippen LogP contribution < -0.4 is 0 Å². The van der Waals surface area contributed by atoms with E-state index in [-0.39, 0.29) is 29.9 Å². The highest BCUT2D eigenvalue weighted by molar-refractivity contribution is 5.82. The molecular weight excluding hydrogens is 304 g/mol. The zero-order valence-electron chi connectivity index (χ0n) is 15.4. The summed E-state index contributed by atoms with van der Waals surface area (Å²) in [5.74, 6) is -0.321. The van der Waals surface area contributed by atoms with Crippen molar-refractivity contribution in [2.75, 3.05) is 6.61 Å². The van der Waals surface area contributed by atoms with E-state index >= 15 is 0 Å². The van der Waals surface area contributed by atoms with Gasteiger partial charge >= 0.3 is 11.9 Å². The summed E-state index contributed by atoms with van der Waals surface area (Å²) in [7, 11) is 0. The number of hydrogen-bond acceptors (Lipinski definition) is 4. The van der Waals surface area contributed by atoms with Gasteiger partial charge < -0.3 is 9.47 Å². The van der Waals surface area contributed by atoms with Gasteiger partial charge in [-0.25, -0.2) is 0 Å². The second kappa shape index (κ2) is 10.0. The van der Waals surface area contributed by atoms with E-state index in [1.54, 1.807) is 0 Å². The third kappa shape index (κ3) is 6.10. The number of esters is 2. The Bertz CT molecular complexity index is 398. The second-order valence-electron chi connectivity index (χ2n) is 7.90. The van der Waals surface area contributed by atoms with Crippen LogP contribution in [-0.4, -0.2) is 24.6 Å². The van der Waals surface area contributed by atoms with Crippen LogP contribution in [0.5, 0.6) is 0 Å². The van der Waals surface area contributed by atoms with E-state index in [2.05, 4.69) is 13.8 Å². The maximum absolute atomic E-state index is 12.6. The first-order valence-corrected chi connectivity index (χ1v) is 9.95. The van der Waals surface area contributed by atoms with Crippen molar-refractivity contribution in [3.63, 3.8) is 0 Å². The van der Waals surface area contributed by atoms with Crippen LogP contribution in [0.25, 0.3) is 0 Å². The third-order valence-corrected chi connectivity index (χ3v) is 5.38. The predicted molar refractivity (Wildman–Crippen MR) is 93.4 cm³/mol. The van der Waals surface area contributed by atoms with E-state index < -0.39 is 0 Å². The van der Waals surface area contributed by atoms with Gasteiger partial charge in [-0.1, -0.05) is 33.1 Å². The maximum Gasteiger partial charge on any atom is 0.310 e. The van der Waals surface area contributed by atoms with Crippen LogP contribution in [0.1, 0.15) is 84.5 Å². The van der Waals surface area contributed by atoms with E-state index in [9.17, 15) is 9.59 Å². The van der Waals surface area contributed by atoms with Crippen molar-refractivity contribution < 1.29 is 19.1 Å². The predicted octanol–water partition coefficient (Wildman–Crippen LogP) is 4.65. The minimum Gasteiger partial charge on any atom is -0.465 e.